The van der Waals surface area contributed by atoms with E-state index in [9.17, 15) is 4.79 Å². The number of hydrogen-bond acceptors (Lipinski definition) is 4. The van der Waals surface area contributed by atoms with Crippen LogP contribution in [0.25, 0.3) is 11.1 Å². The van der Waals surface area contributed by atoms with Gasteiger partial charge in [-0.15, -0.1) is 0 Å². The molecule has 1 N–H and O–H groups in total. The van der Waals surface area contributed by atoms with Gasteiger partial charge in [-0.25, -0.2) is 0 Å². The summed E-state index contributed by atoms with van der Waals surface area (Å²) < 4.78 is 5.99. The van der Waals surface area contributed by atoms with E-state index in [1.807, 2.05) is 42.5 Å². The average molecular weight is 533 g/mol. The van der Waals surface area contributed by atoms with Gasteiger partial charge >= 0.3 is 0 Å². The highest BCUT2D eigenvalue weighted by atomic mass is 35.5. The van der Waals surface area contributed by atoms with Crippen LogP contribution < -0.4 is 10.1 Å². The van der Waals surface area contributed by atoms with Crippen LogP contribution in [0.4, 0.5) is 0 Å². The lowest BCUT2D eigenvalue weighted by Gasteiger charge is -2.32. The van der Waals surface area contributed by atoms with Gasteiger partial charge in [0, 0.05) is 49.9 Å². The summed E-state index contributed by atoms with van der Waals surface area (Å²) >= 11 is 18.1. The average Bonchev–Trinajstić information content (AvgIpc) is 2.86. The fourth-order valence-corrected chi connectivity index (χ4v) is 4.40. The first-order valence-electron chi connectivity index (χ1n) is 11.5. The second-order valence-corrected chi connectivity index (χ2v) is 9.97. The van der Waals surface area contributed by atoms with Gasteiger partial charge in [0.2, 0.25) is 0 Å². The minimum Gasteiger partial charge on any atom is -0.483 e. The lowest BCUT2D eigenvalue weighted by molar-refractivity contribution is -0.123. The van der Waals surface area contributed by atoms with Crippen molar-refractivity contribution < 1.29 is 9.53 Å². The Balaban J connectivity index is 1.44. The number of carbonyl (C=O) groups excluding carboxylic acids is 1. The van der Waals surface area contributed by atoms with Crippen molar-refractivity contribution in [2.45, 2.75) is 13.1 Å². The summed E-state index contributed by atoms with van der Waals surface area (Å²) in [7, 11) is 2.14. The fraction of sp³-hybridized carbons (Fsp3) is 0.296. The van der Waals surface area contributed by atoms with Gasteiger partial charge in [0.05, 0.1) is 10.0 Å². The summed E-state index contributed by atoms with van der Waals surface area (Å²) in [4.78, 5) is 17.2. The molecule has 1 fully saturated rings. The van der Waals surface area contributed by atoms with Crippen molar-refractivity contribution in [3.63, 3.8) is 0 Å². The molecule has 5 nitrogen and oxygen atoms in total. The van der Waals surface area contributed by atoms with Crippen LogP contribution in [0.3, 0.4) is 0 Å². The van der Waals surface area contributed by atoms with Crippen molar-refractivity contribution in [3.8, 4) is 16.9 Å². The molecule has 0 aromatic heterocycles. The van der Waals surface area contributed by atoms with E-state index < -0.39 is 0 Å². The van der Waals surface area contributed by atoms with Crippen LogP contribution in [0.1, 0.15) is 11.1 Å². The van der Waals surface area contributed by atoms with Gasteiger partial charge in [-0.2, -0.15) is 0 Å². The van der Waals surface area contributed by atoms with Crippen LogP contribution in [0.2, 0.25) is 15.1 Å². The van der Waals surface area contributed by atoms with Crippen LogP contribution in [0, 0.1) is 0 Å². The van der Waals surface area contributed by atoms with E-state index in [0.29, 0.717) is 27.4 Å². The quantitative estimate of drug-likeness (QED) is 0.401. The van der Waals surface area contributed by atoms with Crippen LogP contribution in [0.15, 0.2) is 60.7 Å². The lowest BCUT2D eigenvalue weighted by Crippen LogP contribution is -2.43. The highest BCUT2D eigenvalue weighted by Gasteiger charge is 2.17. The highest BCUT2D eigenvalue weighted by Crippen LogP contribution is 2.29. The predicted octanol–water partition coefficient (Wildman–Crippen LogP) is 5.76. The van der Waals surface area contributed by atoms with Crippen molar-refractivity contribution in [2.75, 3.05) is 39.8 Å². The second-order valence-electron chi connectivity index (χ2n) is 8.72. The largest absolute Gasteiger partial charge is 0.483 e. The summed E-state index contributed by atoms with van der Waals surface area (Å²) in [5, 5.41) is 4.52. The van der Waals surface area contributed by atoms with E-state index in [0.717, 1.165) is 55.0 Å². The third-order valence-electron chi connectivity index (χ3n) is 6.06. The maximum Gasteiger partial charge on any atom is 0.258 e. The first-order chi connectivity index (χ1) is 16.9. The van der Waals surface area contributed by atoms with Gasteiger partial charge in [-0.05, 0) is 60.1 Å². The lowest BCUT2D eigenvalue weighted by atomic mass is 10.0. The molecule has 4 rings (SSSR count). The first-order valence-corrected chi connectivity index (χ1v) is 12.6. The summed E-state index contributed by atoms with van der Waals surface area (Å²) in [6.07, 6.45) is 0. The van der Waals surface area contributed by atoms with Gasteiger partial charge in [0.25, 0.3) is 5.91 Å². The van der Waals surface area contributed by atoms with Gasteiger partial charge in [-0.1, -0.05) is 59.1 Å². The number of halogens is 3. The summed E-state index contributed by atoms with van der Waals surface area (Å²) in [5.74, 6) is 0.509. The molecule has 1 amide bonds. The normalized spacial score (nSPS) is 14.6. The molecule has 35 heavy (non-hydrogen) atoms. The van der Waals surface area contributed by atoms with Crippen molar-refractivity contribution in [3.05, 3.63) is 86.9 Å². The van der Waals surface area contributed by atoms with E-state index in [1.165, 1.54) is 0 Å². The molecule has 0 radical (unpaired) electrons. The van der Waals surface area contributed by atoms with E-state index in [4.69, 9.17) is 39.5 Å². The Bertz CT molecular complexity index is 1160. The van der Waals surface area contributed by atoms with Crippen molar-refractivity contribution in [1.82, 2.24) is 15.1 Å². The Morgan fingerprint density at radius 2 is 1.60 bits per heavy atom. The van der Waals surface area contributed by atoms with Crippen molar-refractivity contribution >= 4 is 40.7 Å². The van der Waals surface area contributed by atoms with Crippen molar-refractivity contribution in [1.29, 1.82) is 0 Å². The number of benzene rings is 3. The molecule has 0 spiro atoms. The molecule has 0 aliphatic carbocycles. The Hall–Kier alpha value is -2.28. The number of carbonyl (C=O) groups is 1. The summed E-state index contributed by atoms with van der Waals surface area (Å²) in [6.45, 7) is 5.08. The third kappa shape index (κ3) is 7.35. The molecule has 0 bridgehead atoms. The molecule has 3 aromatic carbocycles. The van der Waals surface area contributed by atoms with E-state index in [-0.39, 0.29) is 12.5 Å². The van der Waals surface area contributed by atoms with Gasteiger partial charge < -0.3 is 15.0 Å². The zero-order valence-corrected chi connectivity index (χ0v) is 21.8. The topological polar surface area (TPSA) is 44.8 Å². The first kappa shape index (κ1) is 25.8. The molecule has 8 heteroatoms. The van der Waals surface area contributed by atoms with E-state index in [1.54, 1.807) is 12.1 Å². The van der Waals surface area contributed by atoms with Crippen LogP contribution in [-0.4, -0.2) is 55.5 Å². The maximum absolute atomic E-state index is 12.5. The molecule has 1 saturated heterocycles. The van der Waals surface area contributed by atoms with Gasteiger partial charge in [-0.3, -0.25) is 9.69 Å². The Kier molecular flexibility index (Phi) is 8.93. The maximum atomic E-state index is 12.5. The molecular formula is C27H28Cl3N3O2. The molecule has 1 aliphatic heterocycles. The zero-order chi connectivity index (χ0) is 24.8. The number of hydrogen-bond donors (Lipinski definition) is 1. The van der Waals surface area contributed by atoms with E-state index in [2.05, 4.69) is 28.2 Å². The van der Waals surface area contributed by atoms with Gasteiger partial charge in [0.15, 0.2) is 6.61 Å². The predicted molar refractivity (Wildman–Crippen MR) is 143 cm³/mol. The zero-order valence-electron chi connectivity index (χ0n) is 19.6. The SMILES string of the molecule is CN1CCN(Cc2cc(-c3ccc(Cl)cc3)ccc2OCC(=O)NCc2ccc(Cl)c(Cl)c2)CC1. The fourth-order valence-electron chi connectivity index (χ4n) is 3.96. The number of rotatable bonds is 8. The number of nitrogens with one attached hydrogen (secondary N) is 1. The Labute approximate surface area is 221 Å². The monoisotopic (exact) mass is 531 g/mol. The van der Waals surface area contributed by atoms with Crippen LogP contribution in [-0.2, 0) is 17.9 Å². The molecule has 184 valence electrons. The third-order valence-corrected chi connectivity index (χ3v) is 7.05. The summed E-state index contributed by atoms with van der Waals surface area (Å²) in [5.41, 5.74) is 4.09. The van der Waals surface area contributed by atoms with Crippen molar-refractivity contribution in [2.24, 2.45) is 0 Å². The highest BCUT2D eigenvalue weighted by molar-refractivity contribution is 6.42. The number of amides is 1. The molecule has 1 heterocycles. The summed E-state index contributed by atoms with van der Waals surface area (Å²) in [6, 6.07) is 19.2. The minimum absolute atomic E-state index is 0.0721. The van der Waals surface area contributed by atoms with Crippen LogP contribution >= 0.6 is 34.8 Å². The Morgan fingerprint density at radius 1 is 0.886 bits per heavy atom. The van der Waals surface area contributed by atoms with Crippen LogP contribution in [0.5, 0.6) is 5.75 Å². The number of likely N-dealkylation sites (N-methyl/N-ethyl adjacent to an activating group) is 1. The molecule has 3 aromatic rings. The molecule has 0 saturated carbocycles. The number of nitrogens with zero attached hydrogens (tertiary/aromatic N) is 2. The standard InChI is InChI=1S/C27H28Cl3N3O2/c1-32-10-12-33(13-11-32)17-22-15-21(20-3-6-23(28)7-4-20)5-9-26(22)35-18-27(34)31-16-19-2-8-24(29)25(30)14-19/h2-9,14-15H,10-13,16-18H2,1H3,(H,31,34). The molecule has 0 atom stereocenters. The number of piperazine rings is 1. The smallest absolute Gasteiger partial charge is 0.258 e. The molecule has 0 unspecified atom stereocenters. The van der Waals surface area contributed by atoms with E-state index >= 15 is 0 Å². The Morgan fingerprint density at radius 3 is 2.31 bits per heavy atom. The molecular weight excluding hydrogens is 505 g/mol. The number of ether oxygens (including phenoxy) is 1. The van der Waals surface area contributed by atoms with Gasteiger partial charge in [0.1, 0.15) is 5.75 Å². The second kappa shape index (κ2) is 12.1. The molecule has 1 aliphatic rings. The minimum atomic E-state index is -0.205.